The second-order valence-electron chi connectivity index (χ2n) is 4.55. The molecule has 0 heterocycles. The third-order valence-electron chi connectivity index (χ3n) is 3.10. The summed E-state index contributed by atoms with van der Waals surface area (Å²) in [6.07, 6.45) is 0.326. The summed E-state index contributed by atoms with van der Waals surface area (Å²) in [5, 5.41) is 0.602. The van der Waals surface area contributed by atoms with Gasteiger partial charge in [-0.2, -0.15) is 0 Å². The highest BCUT2D eigenvalue weighted by Crippen LogP contribution is 2.18. The fourth-order valence-corrected chi connectivity index (χ4v) is 2.06. The molecular formula is C16H15ClFNO. The fraction of sp³-hybridized carbons (Fsp3) is 0.188. The van der Waals surface area contributed by atoms with Crippen molar-refractivity contribution >= 4 is 23.1 Å². The second kappa shape index (κ2) is 6.53. The van der Waals surface area contributed by atoms with Crippen LogP contribution >= 0.6 is 11.6 Å². The van der Waals surface area contributed by atoms with Gasteiger partial charge in [0.1, 0.15) is 5.82 Å². The molecule has 0 amide bonds. The van der Waals surface area contributed by atoms with E-state index in [4.69, 9.17) is 11.6 Å². The highest BCUT2D eigenvalue weighted by Gasteiger charge is 2.10. The van der Waals surface area contributed by atoms with Crippen LogP contribution in [0.3, 0.4) is 0 Å². The van der Waals surface area contributed by atoms with Gasteiger partial charge in [-0.25, -0.2) is 4.39 Å². The number of carbonyl (C=O) groups is 1. The molecule has 0 fully saturated rings. The van der Waals surface area contributed by atoms with Gasteiger partial charge in [0, 0.05) is 30.6 Å². The summed E-state index contributed by atoms with van der Waals surface area (Å²) in [7, 11) is 1.77. The number of halogens is 2. The minimum atomic E-state index is -0.283. The van der Waals surface area contributed by atoms with Crippen molar-refractivity contribution < 1.29 is 9.18 Å². The predicted octanol–water partition coefficient (Wildman–Crippen LogP) is 4.19. The van der Waals surface area contributed by atoms with Gasteiger partial charge in [-0.1, -0.05) is 23.7 Å². The summed E-state index contributed by atoms with van der Waals surface area (Å²) in [4.78, 5) is 13.8. The van der Waals surface area contributed by atoms with Crippen molar-refractivity contribution in [1.29, 1.82) is 0 Å². The van der Waals surface area contributed by atoms with E-state index in [2.05, 4.69) is 0 Å². The molecule has 0 aromatic heterocycles. The van der Waals surface area contributed by atoms with Crippen LogP contribution in [0.4, 0.5) is 10.1 Å². The molecule has 0 aliphatic carbocycles. The minimum absolute atomic E-state index is 0.0184. The molecule has 0 bridgehead atoms. The van der Waals surface area contributed by atoms with Gasteiger partial charge in [-0.05, 0) is 36.4 Å². The molecule has 0 aliphatic heterocycles. The van der Waals surface area contributed by atoms with Crippen LogP contribution < -0.4 is 4.90 Å². The maximum absolute atomic E-state index is 13.6. The van der Waals surface area contributed by atoms with E-state index < -0.39 is 0 Å². The molecule has 0 saturated heterocycles. The smallest absolute Gasteiger partial charge is 0.164 e. The number of hydrogen-bond acceptors (Lipinski definition) is 2. The van der Waals surface area contributed by atoms with Crippen LogP contribution in [0.5, 0.6) is 0 Å². The summed E-state index contributed by atoms with van der Waals surface area (Å²) < 4.78 is 13.6. The van der Waals surface area contributed by atoms with Crippen LogP contribution in [0.1, 0.15) is 16.8 Å². The number of anilines is 1. The zero-order chi connectivity index (χ0) is 14.5. The molecule has 104 valence electrons. The lowest BCUT2D eigenvalue weighted by atomic mass is 10.1. The van der Waals surface area contributed by atoms with Crippen molar-refractivity contribution in [2.24, 2.45) is 0 Å². The Morgan fingerprint density at radius 1 is 1.15 bits per heavy atom. The number of ketones is 1. The molecule has 20 heavy (non-hydrogen) atoms. The predicted molar refractivity (Wildman–Crippen MR) is 80.1 cm³/mol. The van der Waals surface area contributed by atoms with E-state index in [1.165, 1.54) is 6.07 Å². The zero-order valence-corrected chi connectivity index (χ0v) is 11.9. The summed E-state index contributed by atoms with van der Waals surface area (Å²) in [5.41, 5.74) is 1.12. The van der Waals surface area contributed by atoms with Crippen molar-refractivity contribution in [3.63, 3.8) is 0 Å². The molecule has 0 N–H and O–H groups in total. The van der Waals surface area contributed by atoms with Gasteiger partial charge in [-0.15, -0.1) is 0 Å². The highest BCUT2D eigenvalue weighted by atomic mass is 35.5. The van der Waals surface area contributed by atoms with E-state index in [-0.39, 0.29) is 11.6 Å². The van der Waals surface area contributed by atoms with E-state index in [9.17, 15) is 9.18 Å². The van der Waals surface area contributed by atoms with Gasteiger partial charge in [0.15, 0.2) is 5.78 Å². The summed E-state index contributed by atoms with van der Waals surface area (Å²) in [6.45, 7) is 0.461. The minimum Gasteiger partial charge on any atom is -0.372 e. The molecule has 2 aromatic carbocycles. The van der Waals surface area contributed by atoms with Gasteiger partial charge in [0.25, 0.3) is 0 Å². The largest absolute Gasteiger partial charge is 0.372 e. The number of nitrogens with zero attached hydrogens (tertiary/aromatic N) is 1. The van der Waals surface area contributed by atoms with Crippen LogP contribution in [-0.2, 0) is 0 Å². The Labute approximate surface area is 122 Å². The maximum atomic E-state index is 13.6. The summed E-state index contributed by atoms with van der Waals surface area (Å²) >= 11 is 5.78. The lowest BCUT2D eigenvalue weighted by molar-refractivity contribution is 0.0985. The first-order valence-electron chi connectivity index (χ1n) is 6.32. The van der Waals surface area contributed by atoms with Crippen LogP contribution in [0, 0.1) is 5.82 Å². The quantitative estimate of drug-likeness (QED) is 0.770. The molecule has 0 aliphatic rings. The number of carbonyl (C=O) groups excluding carboxylic acids is 1. The number of Topliss-reactive ketones (excluding diaryl/α,β-unsaturated/α-hetero) is 1. The molecule has 0 spiro atoms. The van der Waals surface area contributed by atoms with E-state index in [0.29, 0.717) is 29.2 Å². The van der Waals surface area contributed by atoms with Crippen molar-refractivity contribution in [1.82, 2.24) is 0 Å². The standard InChI is InChI=1S/C16H15ClFNO/c1-19(15-5-3-2-4-14(15)18)11-10-16(20)12-6-8-13(17)9-7-12/h2-9H,10-11H2,1H3. The highest BCUT2D eigenvalue weighted by molar-refractivity contribution is 6.30. The number of rotatable bonds is 5. The van der Waals surface area contributed by atoms with Crippen molar-refractivity contribution in [3.05, 3.63) is 64.9 Å². The number of benzene rings is 2. The van der Waals surface area contributed by atoms with Gasteiger partial charge in [0.05, 0.1) is 5.69 Å². The third kappa shape index (κ3) is 3.58. The molecule has 0 saturated carbocycles. The molecule has 0 radical (unpaired) electrons. The van der Waals surface area contributed by atoms with E-state index in [1.54, 1.807) is 54.4 Å². The zero-order valence-electron chi connectivity index (χ0n) is 11.1. The monoisotopic (exact) mass is 291 g/mol. The van der Waals surface area contributed by atoms with Crippen LogP contribution in [0.25, 0.3) is 0 Å². The van der Waals surface area contributed by atoms with Gasteiger partial charge in [-0.3, -0.25) is 4.79 Å². The first kappa shape index (κ1) is 14.5. The average molecular weight is 292 g/mol. The van der Waals surface area contributed by atoms with Crippen LogP contribution in [0.2, 0.25) is 5.02 Å². The lowest BCUT2D eigenvalue weighted by Crippen LogP contribution is -2.22. The first-order valence-corrected chi connectivity index (χ1v) is 6.70. The molecule has 2 aromatic rings. The van der Waals surface area contributed by atoms with E-state index >= 15 is 0 Å². The Balaban J connectivity index is 1.97. The normalized spacial score (nSPS) is 10.3. The topological polar surface area (TPSA) is 20.3 Å². The maximum Gasteiger partial charge on any atom is 0.164 e. The molecule has 2 rings (SSSR count). The molecular weight excluding hydrogens is 277 g/mol. The lowest BCUT2D eigenvalue weighted by Gasteiger charge is -2.19. The molecule has 0 unspecified atom stereocenters. The van der Waals surface area contributed by atoms with Crippen LogP contribution in [0.15, 0.2) is 48.5 Å². The first-order chi connectivity index (χ1) is 9.58. The van der Waals surface area contributed by atoms with Crippen LogP contribution in [-0.4, -0.2) is 19.4 Å². The van der Waals surface area contributed by atoms with Gasteiger partial charge >= 0.3 is 0 Å². The summed E-state index contributed by atoms with van der Waals surface area (Å²) in [6, 6.07) is 13.3. The van der Waals surface area contributed by atoms with Gasteiger partial charge < -0.3 is 4.90 Å². The van der Waals surface area contributed by atoms with Gasteiger partial charge in [0.2, 0.25) is 0 Å². The molecule has 2 nitrogen and oxygen atoms in total. The Kier molecular flexibility index (Phi) is 4.74. The SMILES string of the molecule is CN(CCC(=O)c1ccc(Cl)cc1)c1ccccc1F. The summed E-state index contributed by atoms with van der Waals surface area (Å²) in [5.74, 6) is -0.265. The Morgan fingerprint density at radius 3 is 2.45 bits per heavy atom. The van der Waals surface area contributed by atoms with E-state index in [0.717, 1.165) is 0 Å². The van der Waals surface area contributed by atoms with Crippen molar-refractivity contribution in [2.45, 2.75) is 6.42 Å². The molecule has 4 heteroatoms. The number of hydrogen-bond donors (Lipinski definition) is 0. The number of para-hydroxylation sites is 1. The van der Waals surface area contributed by atoms with Crippen molar-refractivity contribution in [3.8, 4) is 0 Å². The Hall–Kier alpha value is -1.87. The second-order valence-corrected chi connectivity index (χ2v) is 4.99. The third-order valence-corrected chi connectivity index (χ3v) is 3.36. The van der Waals surface area contributed by atoms with E-state index in [1.807, 2.05) is 0 Å². The Morgan fingerprint density at radius 2 is 1.80 bits per heavy atom. The van der Waals surface area contributed by atoms with Crippen molar-refractivity contribution in [2.75, 3.05) is 18.5 Å². The average Bonchev–Trinajstić information content (AvgIpc) is 2.45. The Bertz CT molecular complexity index is 598. The fourth-order valence-electron chi connectivity index (χ4n) is 1.93. The molecule has 0 atom stereocenters.